The van der Waals surface area contributed by atoms with Crippen molar-refractivity contribution < 1.29 is 19.4 Å². The summed E-state index contributed by atoms with van der Waals surface area (Å²) in [6, 6.07) is 6.97. The van der Waals surface area contributed by atoms with Crippen LogP contribution >= 0.6 is 0 Å². The molecular weight excluding hydrogens is 232 g/mol. The van der Waals surface area contributed by atoms with Crippen LogP contribution in [0, 0.1) is 0 Å². The maximum atomic E-state index is 11.9. The first-order valence-electron chi connectivity index (χ1n) is 5.93. The molecule has 4 heteroatoms. The number of ketones is 1. The Morgan fingerprint density at radius 3 is 2.72 bits per heavy atom. The monoisotopic (exact) mass is 244 g/mol. The summed E-state index contributed by atoms with van der Waals surface area (Å²) in [5.41, 5.74) is 1.39. The number of carbonyl (C=O) groups is 2. The number of rotatable bonds is 1. The number of aliphatic hydroxyl groups is 1. The molecule has 0 aromatic heterocycles. The minimum atomic E-state index is -0.735. The van der Waals surface area contributed by atoms with Gasteiger partial charge in [0.1, 0.15) is 5.76 Å². The lowest BCUT2D eigenvalue weighted by Crippen LogP contribution is -2.18. The number of aliphatic hydroxyl groups excluding tert-OH is 1. The Labute approximate surface area is 104 Å². The molecule has 1 aliphatic heterocycles. The van der Waals surface area contributed by atoms with Crippen LogP contribution in [0.5, 0.6) is 0 Å². The SMILES string of the molecule is O=C1CCCC(O)=C1[C@@H]1OC(=O)c2ccccc21. The molecule has 3 rings (SSSR count). The quantitative estimate of drug-likeness (QED) is 0.771. The molecule has 0 bridgehead atoms. The van der Waals surface area contributed by atoms with Crippen molar-refractivity contribution in [3.63, 3.8) is 0 Å². The Kier molecular flexibility index (Phi) is 2.44. The fraction of sp³-hybridized carbons (Fsp3) is 0.286. The summed E-state index contributed by atoms with van der Waals surface area (Å²) in [7, 11) is 0. The van der Waals surface area contributed by atoms with Crippen molar-refractivity contribution in [1.82, 2.24) is 0 Å². The van der Waals surface area contributed by atoms with E-state index in [1.807, 2.05) is 0 Å². The topological polar surface area (TPSA) is 63.6 Å². The largest absolute Gasteiger partial charge is 0.512 e. The standard InChI is InChI=1S/C14H12O4/c15-10-6-3-7-11(16)12(10)13-8-4-1-2-5-9(8)14(17)18-13/h1-2,4-5,13,15H,3,6-7H2/t13-/m1/s1. The zero-order valence-corrected chi connectivity index (χ0v) is 9.68. The Hall–Kier alpha value is -2.10. The van der Waals surface area contributed by atoms with Crippen LogP contribution < -0.4 is 0 Å². The molecule has 0 saturated carbocycles. The predicted octanol–water partition coefficient (Wildman–Crippen LogP) is 2.46. The van der Waals surface area contributed by atoms with Crippen LogP contribution in [0.3, 0.4) is 0 Å². The first-order valence-corrected chi connectivity index (χ1v) is 5.93. The van der Waals surface area contributed by atoms with E-state index in [1.165, 1.54) is 0 Å². The molecule has 0 spiro atoms. The zero-order valence-electron chi connectivity index (χ0n) is 9.68. The second-order valence-corrected chi connectivity index (χ2v) is 4.51. The Morgan fingerprint density at radius 1 is 1.17 bits per heavy atom. The van der Waals surface area contributed by atoms with Crippen LogP contribution in [0.2, 0.25) is 0 Å². The predicted molar refractivity (Wildman–Crippen MR) is 63.1 cm³/mol. The Morgan fingerprint density at radius 2 is 1.94 bits per heavy atom. The van der Waals surface area contributed by atoms with E-state index in [2.05, 4.69) is 0 Å². The lowest BCUT2D eigenvalue weighted by molar-refractivity contribution is -0.117. The van der Waals surface area contributed by atoms with Gasteiger partial charge in [-0.05, 0) is 12.5 Å². The number of cyclic esters (lactones) is 1. The number of esters is 1. The van der Waals surface area contributed by atoms with Gasteiger partial charge in [-0.2, -0.15) is 0 Å². The van der Waals surface area contributed by atoms with Crippen LogP contribution in [0.4, 0.5) is 0 Å². The highest BCUT2D eigenvalue weighted by Crippen LogP contribution is 2.39. The van der Waals surface area contributed by atoms with Gasteiger partial charge >= 0.3 is 5.97 Å². The summed E-state index contributed by atoms with van der Waals surface area (Å²) >= 11 is 0. The number of ether oxygens (including phenoxy) is 1. The second kappa shape index (κ2) is 3.98. The summed E-state index contributed by atoms with van der Waals surface area (Å²) in [5.74, 6) is -0.511. The molecule has 1 heterocycles. The van der Waals surface area contributed by atoms with Gasteiger partial charge in [0.25, 0.3) is 0 Å². The van der Waals surface area contributed by atoms with E-state index in [0.717, 1.165) is 0 Å². The van der Waals surface area contributed by atoms with Gasteiger partial charge in [-0.15, -0.1) is 0 Å². The van der Waals surface area contributed by atoms with Crippen molar-refractivity contribution in [3.05, 3.63) is 46.7 Å². The normalized spacial score (nSPS) is 23.0. The molecule has 0 saturated heterocycles. The number of hydrogen-bond donors (Lipinski definition) is 1. The van der Waals surface area contributed by atoms with Crippen molar-refractivity contribution in [2.45, 2.75) is 25.4 Å². The summed E-state index contributed by atoms with van der Waals surface area (Å²) < 4.78 is 5.23. The van der Waals surface area contributed by atoms with Gasteiger partial charge in [-0.3, -0.25) is 4.79 Å². The van der Waals surface area contributed by atoms with Crippen molar-refractivity contribution in [2.24, 2.45) is 0 Å². The number of Topliss-reactive ketones (excluding diaryl/α,β-unsaturated/α-hetero) is 1. The molecule has 0 unspecified atom stereocenters. The van der Waals surface area contributed by atoms with E-state index in [0.29, 0.717) is 30.4 Å². The van der Waals surface area contributed by atoms with E-state index >= 15 is 0 Å². The third-order valence-electron chi connectivity index (χ3n) is 3.38. The van der Waals surface area contributed by atoms with Gasteiger partial charge < -0.3 is 9.84 Å². The molecule has 18 heavy (non-hydrogen) atoms. The fourth-order valence-electron chi connectivity index (χ4n) is 2.50. The van der Waals surface area contributed by atoms with Crippen LogP contribution in [-0.2, 0) is 9.53 Å². The highest BCUT2D eigenvalue weighted by atomic mass is 16.5. The smallest absolute Gasteiger partial charge is 0.339 e. The van der Waals surface area contributed by atoms with Gasteiger partial charge in [0.05, 0.1) is 11.1 Å². The van der Waals surface area contributed by atoms with E-state index < -0.39 is 12.1 Å². The molecule has 0 amide bonds. The number of fused-ring (bicyclic) bond motifs is 1. The Bertz CT molecular complexity index is 571. The van der Waals surface area contributed by atoms with Crippen molar-refractivity contribution in [2.75, 3.05) is 0 Å². The van der Waals surface area contributed by atoms with Gasteiger partial charge in [0.15, 0.2) is 11.9 Å². The van der Waals surface area contributed by atoms with Gasteiger partial charge in [0, 0.05) is 18.4 Å². The average molecular weight is 244 g/mol. The summed E-state index contributed by atoms with van der Waals surface area (Å²) in [5, 5.41) is 9.88. The van der Waals surface area contributed by atoms with E-state index in [9.17, 15) is 14.7 Å². The third kappa shape index (κ3) is 1.53. The number of hydrogen-bond acceptors (Lipinski definition) is 4. The molecule has 1 aromatic rings. The lowest BCUT2D eigenvalue weighted by atomic mass is 9.89. The molecule has 2 aliphatic rings. The van der Waals surface area contributed by atoms with Crippen molar-refractivity contribution in [1.29, 1.82) is 0 Å². The van der Waals surface area contributed by atoms with E-state index in [4.69, 9.17) is 4.74 Å². The minimum absolute atomic E-state index is 0.0563. The highest BCUT2D eigenvalue weighted by Gasteiger charge is 2.38. The van der Waals surface area contributed by atoms with Gasteiger partial charge in [-0.25, -0.2) is 4.79 Å². The van der Waals surface area contributed by atoms with Crippen LogP contribution in [-0.4, -0.2) is 16.9 Å². The summed E-state index contributed by atoms with van der Waals surface area (Å²) in [4.78, 5) is 23.6. The van der Waals surface area contributed by atoms with Gasteiger partial charge in [-0.1, -0.05) is 18.2 Å². The maximum Gasteiger partial charge on any atom is 0.339 e. The molecule has 1 aromatic carbocycles. The first kappa shape index (κ1) is 11.0. The molecule has 1 N–H and O–H groups in total. The molecular formula is C14H12O4. The van der Waals surface area contributed by atoms with Crippen molar-refractivity contribution >= 4 is 11.8 Å². The number of benzene rings is 1. The number of allylic oxidation sites excluding steroid dienone is 1. The van der Waals surface area contributed by atoms with Crippen LogP contribution in [0.1, 0.15) is 41.3 Å². The lowest BCUT2D eigenvalue weighted by Gasteiger charge is -2.19. The first-order chi connectivity index (χ1) is 8.68. The Balaban J connectivity index is 2.10. The zero-order chi connectivity index (χ0) is 12.7. The van der Waals surface area contributed by atoms with E-state index in [-0.39, 0.29) is 17.1 Å². The van der Waals surface area contributed by atoms with Crippen molar-refractivity contribution in [3.8, 4) is 0 Å². The number of carbonyl (C=O) groups excluding carboxylic acids is 2. The average Bonchev–Trinajstić information content (AvgIpc) is 2.68. The molecule has 4 nitrogen and oxygen atoms in total. The molecule has 0 radical (unpaired) electrons. The summed E-state index contributed by atoms with van der Waals surface area (Å²) in [6.07, 6.45) is 0.783. The minimum Gasteiger partial charge on any atom is -0.512 e. The highest BCUT2D eigenvalue weighted by molar-refractivity contribution is 6.01. The maximum absolute atomic E-state index is 11.9. The van der Waals surface area contributed by atoms with Gasteiger partial charge in [0.2, 0.25) is 0 Å². The molecule has 1 atom stereocenters. The molecule has 0 fully saturated rings. The van der Waals surface area contributed by atoms with Crippen LogP contribution in [0.25, 0.3) is 0 Å². The summed E-state index contributed by atoms with van der Waals surface area (Å²) in [6.45, 7) is 0. The molecule has 1 aliphatic carbocycles. The van der Waals surface area contributed by atoms with E-state index in [1.54, 1.807) is 24.3 Å². The van der Waals surface area contributed by atoms with Crippen LogP contribution in [0.15, 0.2) is 35.6 Å². The third-order valence-corrected chi connectivity index (χ3v) is 3.38. The second-order valence-electron chi connectivity index (χ2n) is 4.51. The fourth-order valence-corrected chi connectivity index (χ4v) is 2.50. The molecule has 92 valence electrons.